The molecule has 4 bridgehead atoms. The predicted octanol–water partition coefficient (Wildman–Crippen LogP) is 6.76. The molecule has 8 atom stereocenters. The molecule has 5 aliphatic rings. The summed E-state index contributed by atoms with van der Waals surface area (Å²) in [6.07, 6.45) is 4.77. The number of methoxy groups -OCH3 is 4. The van der Waals surface area contributed by atoms with E-state index in [4.69, 9.17) is 18.9 Å². The van der Waals surface area contributed by atoms with Gasteiger partial charge in [0.1, 0.15) is 0 Å². The molecule has 0 spiro atoms. The van der Waals surface area contributed by atoms with Crippen molar-refractivity contribution < 1.29 is 18.9 Å². The molecule has 3 saturated carbocycles. The first kappa shape index (κ1) is 25.0. The molecule has 5 rings (SSSR count). The van der Waals surface area contributed by atoms with Crippen LogP contribution in [0.1, 0.15) is 81.1 Å². The van der Waals surface area contributed by atoms with Gasteiger partial charge in [0.05, 0.1) is 0 Å². The Morgan fingerprint density at radius 2 is 0.618 bits per heavy atom. The van der Waals surface area contributed by atoms with E-state index in [1.165, 1.54) is 48.0 Å². The van der Waals surface area contributed by atoms with Crippen molar-refractivity contribution >= 4 is 0 Å². The van der Waals surface area contributed by atoms with Crippen LogP contribution in [0.15, 0.2) is 22.3 Å². The summed E-state index contributed by atoms with van der Waals surface area (Å²) in [5, 5.41) is 0. The standard InChI is InChI=1S/C30H48O4/c1-17-18(2)26(6)22-15-16-24-23(14-13-21(22)25(17,5)29(26,31-9)32-10)27(7)19(3)20(4)28(24,8)30(27,33-11)34-12/h21-24H,13-16H2,1-12H3/t21-,22-,23-,24-,25-,26-,27+,28+/m1/s1. The quantitative estimate of drug-likeness (QED) is 0.335. The Balaban J connectivity index is 1.64. The monoisotopic (exact) mass is 472 g/mol. The van der Waals surface area contributed by atoms with Crippen LogP contribution in [0.3, 0.4) is 0 Å². The lowest BCUT2D eigenvalue weighted by Crippen LogP contribution is -2.53. The normalized spacial score (nSPS) is 50.5. The van der Waals surface area contributed by atoms with Crippen molar-refractivity contribution in [3.8, 4) is 0 Å². The van der Waals surface area contributed by atoms with Crippen LogP contribution in [-0.2, 0) is 18.9 Å². The van der Waals surface area contributed by atoms with Gasteiger partial charge in [-0.2, -0.15) is 0 Å². The number of rotatable bonds is 4. The van der Waals surface area contributed by atoms with Gasteiger partial charge in [-0.25, -0.2) is 0 Å². The predicted molar refractivity (Wildman–Crippen MR) is 135 cm³/mol. The van der Waals surface area contributed by atoms with Crippen LogP contribution in [0.25, 0.3) is 0 Å². The van der Waals surface area contributed by atoms with Gasteiger partial charge in [-0.05, 0) is 77.0 Å². The third-order valence-corrected chi connectivity index (χ3v) is 13.6. The molecule has 0 heterocycles. The van der Waals surface area contributed by atoms with Crippen LogP contribution in [0.4, 0.5) is 0 Å². The van der Waals surface area contributed by atoms with E-state index in [0.29, 0.717) is 23.7 Å². The average molecular weight is 473 g/mol. The van der Waals surface area contributed by atoms with Crippen LogP contribution >= 0.6 is 0 Å². The molecule has 0 aromatic carbocycles. The second kappa shape index (κ2) is 7.00. The van der Waals surface area contributed by atoms with Gasteiger partial charge >= 0.3 is 0 Å². The Morgan fingerprint density at radius 3 is 0.765 bits per heavy atom. The van der Waals surface area contributed by atoms with Gasteiger partial charge in [0.2, 0.25) is 0 Å². The Labute approximate surface area is 207 Å². The summed E-state index contributed by atoms with van der Waals surface area (Å²) in [6.45, 7) is 19.1. The van der Waals surface area contributed by atoms with Crippen LogP contribution in [0.2, 0.25) is 0 Å². The molecule has 5 aliphatic carbocycles. The summed E-state index contributed by atoms with van der Waals surface area (Å²) in [5.74, 6) is 0.987. The molecular formula is C30H48O4. The molecule has 0 aliphatic heterocycles. The van der Waals surface area contributed by atoms with Gasteiger partial charge in [-0.15, -0.1) is 0 Å². The SMILES string of the molecule is COC1(OC)[C@@]2(C)C(C)=C(C)[C@@]1(C)[C@@H]1CC[C@@H]3[C@@H](CC[C@H]12)[C@@]1(C)C(C)=C(C)[C@@]3(C)C1(OC)OC. The molecule has 4 heteroatoms. The summed E-state index contributed by atoms with van der Waals surface area (Å²) >= 11 is 0. The fraction of sp³-hybridized carbons (Fsp3) is 0.867. The Bertz CT molecular complexity index is 824. The molecule has 192 valence electrons. The average Bonchev–Trinajstić information content (AvgIpc) is 3.19. The highest BCUT2D eigenvalue weighted by molar-refractivity contribution is 5.47. The van der Waals surface area contributed by atoms with Crippen molar-refractivity contribution in [2.75, 3.05) is 28.4 Å². The number of hydrogen-bond donors (Lipinski definition) is 0. The maximum atomic E-state index is 6.43. The van der Waals surface area contributed by atoms with E-state index in [2.05, 4.69) is 55.4 Å². The van der Waals surface area contributed by atoms with Crippen molar-refractivity contribution in [3.63, 3.8) is 0 Å². The van der Waals surface area contributed by atoms with Crippen molar-refractivity contribution in [3.05, 3.63) is 22.3 Å². The van der Waals surface area contributed by atoms with Crippen LogP contribution in [0.5, 0.6) is 0 Å². The van der Waals surface area contributed by atoms with Crippen molar-refractivity contribution in [1.82, 2.24) is 0 Å². The molecule has 0 aromatic rings. The summed E-state index contributed by atoms with van der Waals surface area (Å²) in [7, 11) is 7.46. The molecule has 0 saturated heterocycles. The van der Waals surface area contributed by atoms with Gasteiger partial charge in [0, 0.05) is 50.1 Å². The molecule has 3 fully saturated rings. The van der Waals surface area contributed by atoms with E-state index in [1.807, 2.05) is 28.4 Å². The molecule has 0 radical (unpaired) electrons. The molecule has 4 nitrogen and oxygen atoms in total. The minimum atomic E-state index is -0.595. The zero-order valence-corrected chi connectivity index (χ0v) is 23.8. The van der Waals surface area contributed by atoms with Gasteiger partial charge in [0.15, 0.2) is 11.6 Å². The smallest absolute Gasteiger partial charge is 0.186 e. The van der Waals surface area contributed by atoms with E-state index in [-0.39, 0.29) is 21.7 Å². The van der Waals surface area contributed by atoms with E-state index in [1.54, 1.807) is 0 Å². The lowest BCUT2D eigenvalue weighted by molar-refractivity contribution is -0.288. The first-order valence-corrected chi connectivity index (χ1v) is 13.4. The molecular weight excluding hydrogens is 424 g/mol. The molecule has 0 amide bonds. The maximum Gasteiger partial charge on any atom is 0.186 e. The molecule has 34 heavy (non-hydrogen) atoms. The van der Waals surface area contributed by atoms with Crippen LogP contribution in [-0.4, -0.2) is 40.0 Å². The number of hydrogen-bond acceptors (Lipinski definition) is 4. The number of fused-ring (bicyclic) bond motifs is 10. The number of ether oxygens (including phenoxy) is 4. The molecule has 0 N–H and O–H groups in total. The minimum absolute atomic E-state index is 0.115. The lowest BCUT2D eigenvalue weighted by atomic mass is 9.56. The summed E-state index contributed by atoms with van der Waals surface area (Å²) in [4.78, 5) is 0. The van der Waals surface area contributed by atoms with E-state index in [9.17, 15) is 0 Å². The Hall–Kier alpha value is -0.680. The van der Waals surface area contributed by atoms with Gasteiger partial charge in [-0.1, -0.05) is 50.0 Å². The highest BCUT2D eigenvalue weighted by Gasteiger charge is 2.82. The Morgan fingerprint density at radius 1 is 0.441 bits per heavy atom. The largest absolute Gasteiger partial charge is 0.351 e. The van der Waals surface area contributed by atoms with Crippen LogP contribution < -0.4 is 0 Å². The topological polar surface area (TPSA) is 36.9 Å². The van der Waals surface area contributed by atoms with Crippen molar-refractivity contribution in [1.29, 1.82) is 0 Å². The maximum absolute atomic E-state index is 6.43. The van der Waals surface area contributed by atoms with Crippen molar-refractivity contribution in [2.45, 2.75) is 92.6 Å². The second-order valence-corrected chi connectivity index (χ2v) is 12.9. The summed E-state index contributed by atoms with van der Waals surface area (Å²) < 4.78 is 25.7. The minimum Gasteiger partial charge on any atom is -0.351 e. The first-order valence-electron chi connectivity index (χ1n) is 13.4. The van der Waals surface area contributed by atoms with Gasteiger partial charge in [0.25, 0.3) is 0 Å². The fourth-order valence-corrected chi connectivity index (χ4v) is 11.9. The Kier molecular flexibility index (Phi) is 5.14. The lowest BCUT2D eigenvalue weighted by Gasteiger charge is -2.47. The summed E-state index contributed by atoms with van der Waals surface area (Å²) in [5.41, 5.74) is 5.48. The third kappa shape index (κ3) is 1.96. The van der Waals surface area contributed by atoms with Gasteiger partial charge < -0.3 is 18.9 Å². The van der Waals surface area contributed by atoms with E-state index in [0.717, 1.165) is 0 Å². The molecule has 0 unspecified atom stereocenters. The first-order chi connectivity index (χ1) is 15.8. The molecule has 0 aromatic heterocycles. The second-order valence-electron chi connectivity index (χ2n) is 12.9. The summed E-state index contributed by atoms with van der Waals surface area (Å²) in [6, 6.07) is 0. The van der Waals surface area contributed by atoms with E-state index < -0.39 is 11.6 Å². The van der Waals surface area contributed by atoms with Gasteiger partial charge in [-0.3, -0.25) is 0 Å². The highest BCUT2D eigenvalue weighted by Crippen LogP contribution is 2.81. The zero-order valence-electron chi connectivity index (χ0n) is 23.8. The fourth-order valence-electron chi connectivity index (χ4n) is 11.9. The third-order valence-electron chi connectivity index (χ3n) is 13.6. The van der Waals surface area contributed by atoms with E-state index >= 15 is 0 Å². The highest BCUT2D eigenvalue weighted by atomic mass is 16.7. The van der Waals surface area contributed by atoms with Crippen LogP contribution in [0, 0.1) is 45.3 Å². The van der Waals surface area contributed by atoms with Crippen molar-refractivity contribution in [2.24, 2.45) is 45.3 Å². The zero-order chi connectivity index (χ0) is 25.3.